The van der Waals surface area contributed by atoms with Gasteiger partial charge in [0.1, 0.15) is 17.4 Å². The zero-order valence-electron chi connectivity index (χ0n) is 17.9. The maximum atomic E-state index is 13.3. The second-order valence-corrected chi connectivity index (χ2v) is 8.78. The molecule has 2 N–H and O–H groups in total. The van der Waals surface area contributed by atoms with Gasteiger partial charge >= 0.3 is 0 Å². The molecule has 0 radical (unpaired) electrons. The summed E-state index contributed by atoms with van der Waals surface area (Å²) in [4.78, 5) is 21.1. The SMILES string of the molecule is O=C(Nc1cc2nc(C3CCCCC3)[nH]c2cc1Oc1ccc(F)cc1)c1ccc(Cl)cc1. The van der Waals surface area contributed by atoms with Crippen molar-refractivity contribution in [2.75, 3.05) is 5.32 Å². The summed E-state index contributed by atoms with van der Waals surface area (Å²) < 4.78 is 19.4. The lowest BCUT2D eigenvalue weighted by Crippen LogP contribution is -2.12. The van der Waals surface area contributed by atoms with Crippen LogP contribution in [0.1, 0.15) is 54.2 Å². The zero-order chi connectivity index (χ0) is 22.8. The van der Waals surface area contributed by atoms with Crippen LogP contribution in [-0.4, -0.2) is 15.9 Å². The Kier molecular flexibility index (Phi) is 6.01. The fourth-order valence-corrected chi connectivity index (χ4v) is 4.36. The molecule has 0 bridgehead atoms. The minimum atomic E-state index is -0.347. The van der Waals surface area contributed by atoms with Crippen molar-refractivity contribution >= 4 is 34.2 Å². The van der Waals surface area contributed by atoms with Crippen molar-refractivity contribution in [3.05, 3.63) is 82.9 Å². The monoisotopic (exact) mass is 463 g/mol. The maximum Gasteiger partial charge on any atom is 0.255 e. The Labute approximate surface area is 195 Å². The number of anilines is 1. The highest BCUT2D eigenvalue weighted by Crippen LogP contribution is 2.36. The van der Waals surface area contributed by atoms with Gasteiger partial charge in [-0.3, -0.25) is 4.79 Å². The Morgan fingerprint density at radius 2 is 1.76 bits per heavy atom. The number of carbonyl (C=O) groups excluding carboxylic acids is 1. The number of hydrogen-bond acceptors (Lipinski definition) is 3. The molecule has 0 saturated heterocycles. The minimum absolute atomic E-state index is 0.294. The molecular weight excluding hydrogens is 441 g/mol. The van der Waals surface area contributed by atoms with Crippen LogP contribution in [0.25, 0.3) is 11.0 Å². The molecule has 0 aliphatic heterocycles. The van der Waals surface area contributed by atoms with Crippen LogP contribution in [0.3, 0.4) is 0 Å². The molecule has 1 aliphatic carbocycles. The molecule has 0 atom stereocenters. The van der Waals surface area contributed by atoms with Crippen LogP contribution >= 0.6 is 11.6 Å². The number of rotatable bonds is 5. The van der Waals surface area contributed by atoms with E-state index in [1.54, 1.807) is 36.4 Å². The van der Waals surface area contributed by atoms with Gasteiger partial charge in [0.2, 0.25) is 0 Å². The van der Waals surface area contributed by atoms with Gasteiger partial charge in [0.25, 0.3) is 5.91 Å². The topological polar surface area (TPSA) is 67.0 Å². The van der Waals surface area contributed by atoms with Crippen LogP contribution in [0.15, 0.2) is 60.7 Å². The number of ether oxygens (including phenoxy) is 1. The molecule has 1 amide bonds. The number of H-pyrrole nitrogens is 1. The van der Waals surface area contributed by atoms with Gasteiger partial charge in [-0.2, -0.15) is 0 Å². The predicted molar refractivity (Wildman–Crippen MR) is 128 cm³/mol. The van der Waals surface area contributed by atoms with E-state index < -0.39 is 0 Å². The number of fused-ring (bicyclic) bond motifs is 1. The number of imidazole rings is 1. The Bertz CT molecular complexity index is 1280. The first kappa shape index (κ1) is 21.5. The van der Waals surface area contributed by atoms with E-state index in [4.69, 9.17) is 21.3 Å². The minimum Gasteiger partial charge on any atom is -0.455 e. The van der Waals surface area contributed by atoms with E-state index in [1.165, 1.54) is 31.4 Å². The number of benzene rings is 3. The number of amides is 1. The predicted octanol–water partition coefficient (Wildman–Crippen LogP) is 7.45. The number of nitrogens with zero attached hydrogens (tertiary/aromatic N) is 1. The molecule has 168 valence electrons. The van der Waals surface area contributed by atoms with E-state index in [2.05, 4.69) is 10.3 Å². The first-order valence-electron chi connectivity index (χ1n) is 11.1. The lowest BCUT2D eigenvalue weighted by molar-refractivity contribution is 0.102. The summed E-state index contributed by atoms with van der Waals surface area (Å²) in [6.45, 7) is 0. The summed E-state index contributed by atoms with van der Waals surface area (Å²) in [6, 6.07) is 16.0. The van der Waals surface area contributed by atoms with Gasteiger partial charge in [0.15, 0.2) is 5.75 Å². The third-order valence-electron chi connectivity index (χ3n) is 5.99. The molecule has 7 heteroatoms. The highest BCUT2D eigenvalue weighted by Gasteiger charge is 2.20. The smallest absolute Gasteiger partial charge is 0.255 e. The van der Waals surface area contributed by atoms with Crippen LogP contribution in [0, 0.1) is 5.82 Å². The van der Waals surface area contributed by atoms with Crippen molar-refractivity contribution in [2.24, 2.45) is 0 Å². The first-order chi connectivity index (χ1) is 16.0. The fraction of sp³-hybridized carbons (Fsp3) is 0.231. The van der Waals surface area contributed by atoms with E-state index in [-0.39, 0.29) is 11.7 Å². The maximum absolute atomic E-state index is 13.3. The summed E-state index contributed by atoms with van der Waals surface area (Å²) in [5, 5.41) is 3.48. The average molecular weight is 464 g/mol. The molecule has 4 aromatic rings. The average Bonchev–Trinajstić information content (AvgIpc) is 3.24. The summed E-state index contributed by atoms with van der Waals surface area (Å²) in [7, 11) is 0. The van der Waals surface area contributed by atoms with E-state index in [9.17, 15) is 9.18 Å². The van der Waals surface area contributed by atoms with Crippen LogP contribution in [0.5, 0.6) is 11.5 Å². The standard InChI is InChI=1S/C26H23ClFN3O2/c27-18-8-6-17(7-9-18)26(32)31-23-14-21-22(30-25(29-21)16-4-2-1-3-5-16)15-24(23)33-20-12-10-19(28)11-13-20/h6-16H,1-5H2,(H,29,30)(H,31,32). The molecule has 1 fully saturated rings. The summed E-state index contributed by atoms with van der Waals surface area (Å²) in [5.41, 5.74) is 2.54. The summed E-state index contributed by atoms with van der Waals surface area (Å²) in [6.07, 6.45) is 5.94. The van der Waals surface area contributed by atoms with Crippen molar-refractivity contribution in [2.45, 2.75) is 38.0 Å². The van der Waals surface area contributed by atoms with Crippen LogP contribution in [0.4, 0.5) is 10.1 Å². The van der Waals surface area contributed by atoms with Crippen LogP contribution < -0.4 is 10.1 Å². The molecule has 3 aromatic carbocycles. The molecule has 5 nitrogen and oxygen atoms in total. The number of carbonyl (C=O) groups is 1. The first-order valence-corrected chi connectivity index (χ1v) is 11.5. The fourth-order valence-electron chi connectivity index (χ4n) is 4.23. The second kappa shape index (κ2) is 9.24. The molecule has 0 spiro atoms. The molecule has 1 heterocycles. The van der Waals surface area contributed by atoms with Crippen molar-refractivity contribution in [1.82, 2.24) is 9.97 Å². The van der Waals surface area contributed by atoms with Gasteiger partial charge in [-0.15, -0.1) is 0 Å². The Morgan fingerprint density at radius 3 is 2.48 bits per heavy atom. The number of nitrogens with one attached hydrogen (secondary N) is 2. The van der Waals surface area contributed by atoms with Crippen LogP contribution in [0.2, 0.25) is 5.02 Å². The molecule has 1 aromatic heterocycles. The molecule has 0 unspecified atom stereocenters. The van der Waals surface area contributed by atoms with E-state index in [0.717, 1.165) is 29.7 Å². The lowest BCUT2D eigenvalue weighted by Gasteiger charge is -2.18. The van der Waals surface area contributed by atoms with E-state index >= 15 is 0 Å². The van der Waals surface area contributed by atoms with Gasteiger partial charge < -0.3 is 15.0 Å². The Hall–Kier alpha value is -3.38. The Balaban J connectivity index is 1.50. The molecule has 1 saturated carbocycles. The van der Waals surface area contributed by atoms with Gasteiger partial charge in [-0.25, -0.2) is 9.37 Å². The van der Waals surface area contributed by atoms with Crippen molar-refractivity contribution in [1.29, 1.82) is 0 Å². The molecule has 5 rings (SSSR count). The number of aromatic nitrogens is 2. The number of aromatic amines is 1. The lowest BCUT2D eigenvalue weighted by atomic mass is 9.89. The highest BCUT2D eigenvalue weighted by atomic mass is 35.5. The van der Waals surface area contributed by atoms with Gasteiger partial charge in [-0.05, 0) is 67.4 Å². The van der Waals surface area contributed by atoms with Crippen molar-refractivity contribution < 1.29 is 13.9 Å². The van der Waals surface area contributed by atoms with Gasteiger partial charge in [0, 0.05) is 22.6 Å². The van der Waals surface area contributed by atoms with Crippen molar-refractivity contribution in [3.63, 3.8) is 0 Å². The highest BCUT2D eigenvalue weighted by molar-refractivity contribution is 6.30. The molecule has 1 aliphatic rings. The quantitative estimate of drug-likeness (QED) is 0.323. The molecule has 33 heavy (non-hydrogen) atoms. The van der Waals surface area contributed by atoms with Gasteiger partial charge in [0.05, 0.1) is 16.7 Å². The Morgan fingerprint density at radius 1 is 1.03 bits per heavy atom. The van der Waals surface area contributed by atoms with Crippen LogP contribution in [-0.2, 0) is 0 Å². The number of hydrogen-bond donors (Lipinski definition) is 2. The third-order valence-corrected chi connectivity index (χ3v) is 6.24. The normalized spacial score (nSPS) is 14.4. The third kappa shape index (κ3) is 4.86. The van der Waals surface area contributed by atoms with E-state index in [1.807, 2.05) is 12.1 Å². The second-order valence-electron chi connectivity index (χ2n) is 8.34. The molecular formula is C26H23ClFN3O2. The van der Waals surface area contributed by atoms with Crippen molar-refractivity contribution in [3.8, 4) is 11.5 Å². The summed E-state index contributed by atoms with van der Waals surface area (Å²) >= 11 is 5.94. The number of halogens is 2. The van der Waals surface area contributed by atoms with Gasteiger partial charge in [-0.1, -0.05) is 30.9 Å². The summed E-state index contributed by atoms with van der Waals surface area (Å²) in [5.74, 6) is 1.65. The van der Waals surface area contributed by atoms with E-state index in [0.29, 0.717) is 33.7 Å². The zero-order valence-corrected chi connectivity index (χ0v) is 18.7. The largest absolute Gasteiger partial charge is 0.455 e.